The van der Waals surface area contributed by atoms with Crippen LogP contribution in [0.15, 0.2) is 159 Å². The van der Waals surface area contributed by atoms with Crippen LogP contribution in [-0.4, -0.2) is 15.0 Å². The zero-order chi connectivity index (χ0) is 33.5. The van der Waals surface area contributed by atoms with Crippen molar-refractivity contribution in [2.24, 2.45) is 0 Å². The molecular formula is C39H27N6O3PS. The van der Waals surface area contributed by atoms with Gasteiger partial charge in [-0.3, -0.25) is 0 Å². The van der Waals surface area contributed by atoms with Gasteiger partial charge in [-0.05, 0) is 84.6 Å². The molecule has 0 aliphatic rings. The van der Waals surface area contributed by atoms with E-state index in [2.05, 4.69) is 15.3 Å². The SMILES string of the molecule is S=P(Nc1ccccc1-c1nc2ccccc2o1)(Nc1ccccc1-c1nc2ccccc2o1)Nc1ccccc1-c1nc2ccccc2o1. The van der Waals surface area contributed by atoms with Gasteiger partial charge in [-0.2, -0.15) is 0 Å². The zero-order valence-corrected chi connectivity index (χ0v) is 28.0. The lowest BCUT2D eigenvalue weighted by molar-refractivity contribution is 0.620. The van der Waals surface area contributed by atoms with Gasteiger partial charge in [-0.1, -0.05) is 72.8 Å². The second-order valence-corrected chi connectivity index (χ2v) is 15.1. The summed E-state index contributed by atoms with van der Waals surface area (Å²) < 4.78 is 18.6. The van der Waals surface area contributed by atoms with E-state index in [0.717, 1.165) is 50.3 Å². The molecule has 0 atom stereocenters. The Morgan fingerprint density at radius 2 is 0.660 bits per heavy atom. The summed E-state index contributed by atoms with van der Waals surface area (Å²) >= 11 is 6.59. The third-order valence-corrected chi connectivity index (χ3v) is 10.7. The minimum Gasteiger partial charge on any atom is -0.436 e. The van der Waals surface area contributed by atoms with Gasteiger partial charge in [0, 0.05) is 0 Å². The fraction of sp³-hybridized carbons (Fsp3) is 0. The minimum absolute atomic E-state index is 0.481. The molecule has 0 saturated heterocycles. The van der Waals surface area contributed by atoms with Gasteiger partial charge in [-0.25, -0.2) is 15.0 Å². The summed E-state index contributed by atoms with van der Waals surface area (Å²) in [6.45, 7) is -3.06. The Hall–Kier alpha value is -6.22. The highest BCUT2D eigenvalue weighted by atomic mass is 32.4. The highest BCUT2D eigenvalue weighted by Gasteiger charge is 2.25. The number of hydrogen-bond acceptors (Lipinski definition) is 7. The Kier molecular flexibility index (Phi) is 7.38. The Morgan fingerprint density at radius 1 is 0.380 bits per heavy atom. The van der Waals surface area contributed by atoms with E-state index in [1.165, 1.54) is 0 Å². The van der Waals surface area contributed by atoms with Crippen molar-refractivity contribution < 1.29 is 13.3 Å². The van der Waals surface area contributed by atoms with Crippen molar-refractivity contribution in [1.82, 2.24) is 15.0 Å². The van der Waals surface area contributed by atoms with Crippen molar-refractivity contribution in [2.75, 3.05) is 15.3 Å². The number of anilines is 3. The van der Waals surface area contributed by atoms with Crippen LogP contribution in [0, 0.1) is 0 Å². The van der Waals surface area contributed by atoms with Gasteiger partial charge in [0.25, 0.3) is 0 Å². The van der Waals surface area contributed by atoms with Crippen molar-refractivity contribution in [3.05, 3.63) is 146 Å². The number of oxazole rings is 3. The summed E-state index contributed by atoms with van der Waals surface area (Å²) in [6, 6.07) is 46.6. The molecule has 0 spiro atoms. The van der Waals surface area contributed by atoms with E-state index in [-0.39, 0.29) is 0 Å². The van der Waals surface area contributed by atoms with Crippen molar-refractivity contribution in [1.29, 1.82) is 0 Å². The van der Waals surface area contributed by atoms with E-state index in [9.17, 15) is 0 Å². The molecule has 11 heteroatoms. The average molecular weight is 691 g/mol. The number of nitrogens with one attached hydrogen (secondary N) is 3. The number of nitrogens with zero attached hydrogens (tertiary/aromatic N) is 3. The van der Waals surface area contributed by atoms with Gasteiger partial charge in [0.15, 0.2) is 16.7 Å². The van der Waals surface area contributed by atoms with E-state index in [1.54, 1.807) is 0 Å². The topological polar surface area (TPSA) is 114 Å². The molecule has 0 bridgehead atoms. The largest absolute Gasteiger partial charge is 0.436 e. The molecule has 0 fully saturated rings. The molecule has 6 aromatic carbocycles. The lowest BCUT2D eigenvalue weighted by atomic mass is 10.2. The summed E-state index contributed by atoms with van der Waals surface area (Å²) in [5, 5.41) is 11.0. The van der Waals surface area contributed by atoms with Crippen LogP contribution in [0.5, 0.6) is 0 Å². The molecule has 0 aliphatic heterocycles. The minimum atomic E-state index is -3.06. The van der Waals surface area contributed by atoms with Crippen LogP contribution in [0.4, 0.5) is 17.1 Å². The van der Waals surface area contributed by atoms with Crippen LogP contribution in [0.3, 0.4) is 0 Å². The van der Waals surface area contributed by atoms with Gasteiger partial charge >= 0.3 is 0 Å². The molecule has 0 radical (unpaired) electrons. The third-order valence-electron chi connectivity index (χ3n) is 8.19. The molecule has 3 aromatic heterocycles. The van der Waals surface area contributed by atoms with Crippen LogP contribution < -0.4 is 15.3 Å². The summed E-state index contributed by atoms with van der Waals surface area (Å²) in [5.74, 6) is 1.44. The van der Waals surface area contributed by atoms with Gasteiger partial charge in [0.1, 0.15) is 16.6 Å². The molecule has 0 saturated carbocycles. The maximum Gasteiger partial charge on any atom is 0.229 e. The van der Waals surface area contributed by atoms with E-state index < -0.39 is 6.49 Å². The van der Waals surface area contributed by atoms with Crippen molar-refractivity contribution in [2.45, 2.75) is 0 Å². The first-order chi connectivity index (χ1) is 24.6. The first kappa shape index (κ1) is 29.9. The van der Waals surface area contributed by atoms with Crippen molar-refractivity contribution in [3.8, 4) is 34.4 Å². The zero-order valence-electron chi connectivity index (χ0n) is 26.3. The first-order valence-corrected chi connectivity index (χ1v) is 18.7. The third kappa shape index (κ3) is 5.66. The van der Waals surface area contributed by atoms with Crippen LogP contribution >= 0.6 is 6.49 Å². The van der Waals surface area contributed by atoms with Gasteiger partial charge in [0.2, 0.25) is 24.2 Å². The maximum absolute atomic E-state index is 6.59. The van der Waals surface area contributed by atoms with E-state index in [4.69, 9.17) is 40.0 Å². The van der Waals surface area contributed by atoms with E-state index in [0.29, 0.717) is 34.4 Å². The fourth-order valence-electron chi connectivity index (χ4n) is 5.86. The molecule has 9 nitrogen and oxygen atoms in total. The highest BCUT2D eigenvalue weighted by molar-refractivity contribution is 8.16. The molecule has 242 valence electrons. The number of hydrogen-bond donors (Lipinski definition) is 3. The monoisotopic (exact) mass is 690 g/mol. The number of rotatable bonds is 9. The standard InChI is InChI=1S/C39H27N6O3PS/c50-49(43-28-16-4-1-13-25(28)37-40-31-19-7-10-22-34(31)46-37,44-29-17-5-2-14-26(29)38-41-32-20-8-11-23-35(32)47-38)45-30-18-6-3-15-27(30)39-42-33-21-9-12-24-36(33)48-39/h1-24H,(H3,43,44,45,50). The summed E-state index contributed by atoms with van der Waals surface area (Å²) in [5.41, 5.74) is 8.92. The molecular weight excluding hydrogens is 664 g/mol. The second-order valence-electron chi connectivity index (χ2n) is 11.5. The lowest BCUT2D eigenvalue weighted by Gasteiger charge is -2.30. The Labute approximate surface area is 291 Å². The fourth-order valence-corrected chi connectivity index (χ4v) is 8.51. The van der Waals surface area contributed by atoms with Gasteiger partial charge in [0.05, 0.1) is 33.8 Å². The normalized spacial score (nSPS) is 11.7. The molecule has 3 heterocycles. The molecule has 9 aromatic rings. The van der Waals surface area contributed by atoms with Crippen LogP contribution in [0.25, 0.3) is 67.7 Å². The Balaban J connectivity index is 1.15. The predicted molar refractivity (Wildman–Crippen MR) is 203 cm³/mol. The smallest absolute Gasteiger partial charge is 0.229 e. The van der Waals surface area contributed by atoms with Gasteiger partial charge in [-0.15, -0.1) is 0 Å². The molecule has 0 amide bonds. The molecule has 3 N–H and O–H groups in total. The van der Waals surface area contributed by atoms with E-state index >= 15 is 0 Å². The first-order valence-electron chi connectivity index (χ1n) is 15.9. The van der Waals surface area contributed by atoms with Crippen molar-refractivity contribution >= 4 is 68.7 Å². The Bertz CT molecular complexity index is 2330. The predicted octanol–water partition coefficient (Wildman–Crippen LogP) is 11.0. The van der Waals surface area contributed by atoms with E-state index in [1.807, 2.05) is 146 Å². The van der Waals surface area contributed by atoms with Crippen LogP contribution in [-0.2, 0) is 11.8 Å². The summed E-state index contributed by atoms with van der Waals surface area (Å²) in [6.07, 6.45) is 0. The number of para-hydroxylation sites is 9. The highest BCUT2D eigenvalue weighted by Crippen LogP contribution is 2.51. The molecule has 0 unspecified atom stereocenters. The number of fused-ring (bicyclic) bond motifs is 3. The number of benzene rings is 6. The molecule has 9 rings (SSSR count). The summed E-state index contributed by atoms with van der Waals surface area (Å²) in [7, 11) is 0. The Morgan fingerprint density at radius 3 is 0.980 bits per heavy atom. The van der Waals surface area contributed by atoms with Gasteiger partial charge < -0.3 is 28.5 Å². The lowest BCUT2D eigenvalue weighted by Crippen LogP contribution is -2.15. The average Bonchev–Trinajstić information content (AvgIpc) is 3.89. The maximum atomic E-state index is 6.59. The van der Waals surface area contributed by atoms with Crippen LogP contribution in [0.1, 0.15) is 0 Å². The summed E-state index contributed by atoms with van der Waals surface area (Å²) in [4.78, 5) is 14.3. The molecule has 50 heavy (non-hydrogen) atoms. The molecule has 0 aliphatic carbocycles. The quantitative estimate of drug-likeness (QED) is 0.126. The second kappa shape index (κ2) is 12.3. The van der Waals surface area contributed by atoms with Crippen molar-refractivity contribution in [3.63, 3.8) is 0 Å². The van der Waals surface area contributed by atoms with Crippen LogP contribution in [0.2, 0.25) is 0 Å². The number of aromatic nitrogens is 3.